The van der Waals surface area contributed by atoms with E-state index in [4.69, 9.17) is 9.47 Å². The summed E-state index contributed by atoms with van der Waals surface area (Å²) in [7, 11) is 0. The van der Waals surface area contributed by atoms with Crippen molar-refractivity contribution in [3.8, 4) is 5.75 Å². The first-order valence-corrected chi connectivity index (χ1v) is 11.1. The van der Waals surface area contributed by atoms with E-state index in [-0.39, 0.29) is 18.1 Å². The molecular formula is C24H27N3O4. The van der Waals surface area contributed by atoms with Crippen LogP contribution in [-0.4, -0.2) is 53.7 Å². The fourth-order valence-corrected chi connectivity index (χ4v) is 4.28. The minimum absolute atomic E-state index is 0.0386. The summed E-state index contributed by atoms with van der Waals surface area (Å²) in [6, 6.07) is 11.8. The molecule has 1 aromatic carbocycles. The van der Waals surface area contributed by atoms with Crippen molar-refractivity contribution in [1.82, 2.24) is 9.88 Å². The minimum atomic E-state index is -0.400. The number of anilines is 1. The lowest BCUT2D eigenvalue weighted by molar-refractivity contribution is 0.0595. The second kappa shape index (κ2) is 8.21. The predicted molar refractivity (Wildman–Crippen MR) is 115 cm³/mol. The van der Waals surface area contributed by atoms with Crippen molar-refractivity contribution in [3.05, 3.63) is 53.7 Å². The molecule has 3 heterocycles. The van der Waals surface area contributed by atoms with E-state index in [1.54, 1.807) is 18.3 Å². The normalized spacial score (nSPS) is 21.8. The molecule has 1 unspecified atom stereocenters. The van der Waals surface area contributed by atoms with Gasteiger partial charge in [0.15, 0.2) is 0 Å². The molecule has 0 bridgehead atoms. The molecule has 162 valence electrons. The fourth-order valence-electron chi connectivity index (χ4n) is 4.28. The van der Waals surface area contributed by atoms with Crippen LogP contribution in [0.4, 0.5) is 10.6 Å². The van der Waals surface area contributed by atoms with E-state index < -0.39 is 6.09 Å². The second-order valence-electron chi connectivity index (χ2n) is 8.65. The molecule has 2 saturated heterocycles. The molecule has 2 amide bonds. The van der Waals surface area contributed by atoms with Crippen molar-refractivity contribution in [3.63, 3.8) is 0 Å². The molecule has 0 radical (unpaired) electrons. The van der Waals surface area contributed by atoms with Crippen LogP contribution in [0.3, 0.4) is 0 Å². The molecule has 7 heteroatoms. The highest BCUT2D eigenvalue weighted by Gasteiger charge is 2.32. The van der Waals surface area contributed by atoms with Gasteiger partial charge in [0.2, 0.25) is 0 Å². The van der Waals surface area contributed by atoms with E-state index in [0.29, 0.717) is 31.1 Å². The maximum atomic E-state index is 12.9. The number of amides is 2. The van der Waals surface area contributed by atoms with Gasteiger partial charge in [-0.05, 0) is 55.5 Å². The molecule has 3 aliphatic rings. The SMILES string of the molecule is CC1COC(=O)N1c1ccc(C(=O)N2CCC(Oc3ccc(C4CC4)cc3)CC2)cn1. The molecular weight excluding hydrogens is 394 g/mol. The summed E-state index contributed by atoms with van der Waals surface area (Å²) < 4.78 is 11.2. The fraction of sp³-hybridized carbons (Fsp3) is 0.458. The third-order valence-corrected chi connectivity index (χ3v) is 6.29. The summed E-state index contributed by atoms with van der Waals surface area (Å²) in [5.74, 6) is 2.12. The number of hydrogen-bond acceptors (Lipinski definition) is 5. The van der Waals surface area contributed by atoms with E-state index in [9.17, 15) is 9.59 Å². The van der Waals surface area contributed by atoms with E-state index >= 15 is 0 Å². The molecule has 1 saturated carbocycles. The molecule has 3 fully saturated rings. The van der Waals surface area contributed by atoms with Crippen molar-refractivity contribution in [1.29, 1.82) is 0 Å². The quantitative estimate of drug-likeness (QED) is 0.730. The van der Waals surface area contributed by atoms with E-state index in [1.807, 2.05) is 11.8 Å². The molecule has 1 aliphatic carbocycles. The highest BCUT2D eigenvalue weighted by molar-refractivity contribution is 5.95. The van der Waals surface area contributed by atoms with Crippen molar-refractivity contribution in [2.24, 2.45) is 0 Å². The molecule has 5 rings (SSSR count). The predicted octanol–water partition coefficient (Wildman–Crippen LogP) is 3.99. The first kappa shape index (κ1) is 19.8. The Hall–Kier alpha value is -3.09. The zero-order valence-electron chi connectivity index (χ0n) is 17.7. The van der Waals surface area contributed by atoms with Gasteiger partial charge in [0, 0.05) is 32.1 Å². The molecule has 31 heavy (non-hydrogen) atoms. The number of benzene rings is 1. The number of aromatic nitrogens is 1. The van der Waals surface area contributed by atoms with Crippen LogP contribution in [0.25, 0.3) is 0 Å². The van der Waals surface area contributed by atoms with Gasteiger partial charge < -0.3 is 14.4 Å². The third-order valence-electron chi connectivity index (χ3n) is 6.29. The number of piperidine rings is 1. The molecule has 1 aromatic heterocycles. The summed E-state index contributed by atoms with van der Waals surface area (Å²) in [6.45, 7) is 3.56. The minimum Gasteiger partial charge on any atom is -0.490 e. The van der Waals surface area contributed by atoms with E-state index in [2.05, 4.69) is 29.2 Å². The summed E-state index contributed by atoms with van der Waals surface area (Å²) >= 11 is 0. The van der Waals surface area contributed by atoms with Gasteiger partial charge in [-0.2, -0.15) is 0 Å². The first-order valence-electron chi connectivity index (χ1n) is 11.1. The molecule has 0 spiro atoms. The zero-order valence-corrected chi connectivity index (χ0v) is 17.7. The molecule has 1 atom stereocenters. The van der Waals surface area contributed by atoms with Crippen LogP contribution in [0.15, 0.2) is 42.6 Å². The number of likely N-dealkylation sites (tertiary alicyclic amines) is 1. The zero-order chi connectivity index (χ0) is 21.4. The van der Waals surface area contributed by atoms with Gasteiger partial charge in [0.1, 0.15) is 24.3 Å². The van der Waals surface area contributed by atoms with Crippen molar-refractivity contribution in [2.45, 2.75) is 50.7 Å². The maximum absolute atomic E-state index is 12.9. The Morgan fingerprint density at radius 1 is 1.06 bits per heavy atom. The Kier molecular flexibility index (Phi) is 5.26. The van der Waals surface area contributed by atoms with Gasteiger partial charge >= 0.3 is 6.09 Å². The van der Waals surface area contributed by atoms with E-state index in [0.717, 1.165) is 24.5 Å². The number of cyclic esters (lactones) is 1. The Labute approximate surface area is 182 Å². The standard InChI is InChI=1S/C24H27N3O4/c1-16-15-30-24(29)27(16)22-9-6-19(14-25-22)23(28)26-12-10-21(11-13-26)31-20-7-4-18(5-8-20)17-2-3-17/h4-9,14,16-17,21H,2-3,10-13,15H2,1H3. The number of carbonyl (C=O) groups is 2. The van der Waals surface area contributed by atoms with Crippen LogP contribution in [0.1, 0.15) is 54.4 Å². The number of nitrogens with zero attached hydrogens (tertiary/aromatic N) is 3. The molecule has 2 aliphatic heterocycles. The van der Waals surface area contributed by atoms with Crippen LogP contribution < -0.4 is 9.64 Å². The number of rotatable bonds is 5. The molecule has 2 aromatic rings. The maximum Gasteiger partial charge on any atom is 0.415 e. The summed E-state index contributed by atoms with van der Waals surface area (Å²) in [5, 5.41) is 0. The number of hydrogen-bond donors (Lipinski definition) is 0. The van der Waals surface area contributed by atoms with Crippen LogP contribution in [0.5, 0.6) is 5.75 Å². The van der Waals surface area contributed by atoms with Crippen molar-refractivity contribution < 1.29 is 19.1 Å². The Morgan fingerprint density at radius 2 is 1.81 bits per heavy atom. The smallest absolute Gasteiger partial charge is 0.415 e. The summed E-state index contributed by atoms with van der Waals surface area (Å²) in [4.78, 5) is 32.4. The topological polar surface area (TPSA) is 72.0 Å². The lowest BCUT2D eigenvalue weighted by Gasteiger charge is -2.32. The summed E-state index contributed by atoms with van der Waals surface area (Å²) in [6.07, 6.45) is 5.48. The van der Waals surface area contributed by atoms with Crippen LogP contribution >= 0.6 is 0 Å². The highest BCUT2D eigenvalue weighted by Crippen LogP contribution is 2.40. The average Bonchev–Trinajstić information content (AvgIpc) is 3.59. The van der Waals surface area contributed by atoms with Gasteiger partial charge in [-0.15, -0.1) is 0 Å². The molecule has 7 nitrogen and oxygen atoms in total. The highest BCUT2D eigenvalue weighted by atomic mass is 16.6. The first-order chi connectivity index (χ1) is 15.1. The Morgan fingerprint density at radius 3 is 2.39 bits per heavy atom. The second-order valence-corrected chi connectivity index (χ2v) is 8.65. The number of carbonyl (C=O) groups excluding carboxylic acids is 2. The van der Waals surface area contributed by atoms with Gasteiger partial charge in [0.05, 0.1) is 11.6 Å². The third kappa shape index (κ3) is 4.22. The lowest BCUT2D eigenvalue weighted by atomic mass is 10.1. The lowest BCUT2D eigenvalue weighted by Crippen LogP contribution is -2.41. The average molecular weight is 421 g/mol. The van der Waals surface area contributed by atoms with Gasteiger partial charge in [0.25, 0.3) is 5.91 Å². The van der Waals surface area contributed by atoms with Crippen molar-refractivity contribution in [2.75, 3.05) is 24.6 Å². The largest absolute Gasteiger partial charge is 0.490 e. The summed E-state index contributed by atoms with van der Waals surface area (Å²) in [5.41, 5.74) is 1.93. The van der Waals surface area contributed by atoms with Crippen LogP contribution in [0.2, 0.25) is 0 Å². The van der Waals surface area contributed by atoms with Gasteiger partial charge in [-0.1, -0.05) is 12.1 Å². The van der Waals surface area contributed by atoms with E-state index in [1.165, 1.54) is 23.3 Å². The number of pyridine rings is 1. The van der Waals surface area contributed by atoms with Gasteiger partial charge in [-0.25, -0.2) is 9.78 Å². The van der Waals surface area contributed by atoms with Crippen molar-refractivity contribution >= 4 is 17.8 Å². The number of ether oxygens (including phenoxy) is 2. The van der Waals surface area contributed by atoms with Crippen LogP contribution in [-0.2, 0) is 4.74 Å². The van der Waals surface area contributed by atoms with Gasteiger partial charge in [-0.3, -0.25) is 9.69 Å². The Balaban J connectivity index is 1.15. The Bertz CT molecular complexity index is 948. The van der Waals surface area contributed by atoms with Crippen LogP contribution in [0, 0.1) is 0 Å². The molecule has 0 N–H and O–H groups in total. The monoisotopic (exact) mass is 421 g/mol.